The molecule has 0 aliphatic carbocycles. The highest BCUT2D eigenvalue weighted by molar-refractivity contribution is 7.89. The smallest absolute Gasteiger partial charge is 0.255 e. The fourth-order valence-corrected chi connectivity index (χ4v) is 5.11. The van der Waals surface area contributed by atoms with Crippen LogP contribution in [0.5, 0.6) is 0 Å². The van der Waals surface area contributed by atoms with Crippen molar-refractivity contribution in [1.29, 1.82) is 5.26 Å². The molecule has 1 fully saturated rings. The van der Waals surface area contributed by atoms with Crippen LogP contribution in [0.25, 0.3) is 0 Å². The summed E-state index contributed by atoms with van der Waals surface area (Å²) < 4.78 is 27.5. The van der Waals surface area contributed by atoms with E-state index in [9.17, 15) is 13.2 Å². The second-order valence-electron chi connectivity index (χ2n) is 6.61. The maximum Gasteiger partial charge on any atom is 0.255 e. The molecular weight excluding hydrogens is 398 g/mol. The van der Waals surface area contributed by atoms with Crippen molar-refractivity contribution in [3.05, 3.63) is 58.6 Å². The Labute approximate surface area is 169 Å². The van der Waals surface area contributed by atoms with E-state index in [0.29, 0.717) is 24.3 Å². The van der Waals surface area contributed by atoms with E-state index in [1.54, 1.807) is 24.3 Å². The standard InChI is InChI=1S/C20H20ClN3O3S/c21-18-10-7-16(20(25)23-17-8-5-15(14-22)6-9-17)13-19(18)28(26,27)24-11-3-1-2-4-12-24/h5-10,13H,1-4,11-12H2,(H,23,25). The lowest BCUT2D eigenvalue weighted by molar-refractivity contribution is 0.102. The topological polar surface area (TPSA) is 90.3 Å². The second kappa shape index (κ2) is 8.74. The number of hydrogen-bond donors (Lipinski definition) is 1. The Balaban J connectivity index is 1.85. The number of anilines is 1. The zero-order valence-corrected chi connectivity index (χ0v) is 16.8. The number of halogens is 1. The minimum Gasteiger partial charge on any atom is -0.322 e. The molecule has 1 saturated heterocycles. The van der Waals surface area contributed by atoms with Crippen molar-refractivity contribution in [1.82, 2.24) is 4.31 Å². The van der Waals surface area contributed by atoms with Gasteiger partial charge in [-0.3, -0.25) is 4.79 Å². The summed E-state index contributed by atoms with van der Waals surface area (Å²) in [6.45, 7) is 0.917. The van der Waals surface area contributed by atoms with Gasteiger partial charge < -0.3 is 5.32 Å². The number of rotatable bonds is 4. The molecule has 0 unspecified atom stereocenters. The maximum atomic E-state index is 13.0. The molecule has 2 aromatic rings. The average molecular weight is 418 g/mol. The lowest BCUT2D eigenvalue weighted by Crippen LogP contribution is -2.32. The summed E-state index contributed by atoms with van der Waals surface area (Å²) in [5.74, 6) is -0.450. The van der Waals surface area contributed by atoms with Crippen LogP contribution in [0.2, 0.25) is 5.02 Å². The van der Waals surface area contributed by atoms with Gasteiger partial charge >= 0.3 is 0 Å². The average Bonchev–Trinajstić information content (AvgIpc) is 2.99. The van der Waals surface area contributed by atoms with Crippen molar-refractivity contribution in [2.24, 2.45) is 0 Å². The van der Waals surface area contributed by atoms with Gasteiger partial charge in [-0.05, 0) is 55.3 Å². The third-order valence-electron chi connectivity index (χ3n) is 4.65. The summed E-state index contributed by atoms with van der Waals surface area (Å²) in [6, 6.07) is 12.7. The van der Waals surface area contributed by atoms with Gasteiger partial charge in [-0.2, -0.15) is 9.57 Å². The molecule has 0 radical (unpaired) electrons. The number of hydrogen-bond acceptors (Lipinski definition) is 4. The van der Waals surface area contributed by atoms with Gasteiger partial charge in [0.05, 0.1) is 16.7 Å². The molecule has 146 valence electrons. The van der Waals surface area contributed by atoms with Gasteiger partial charge in [0.15, 0.2) is 0 Å². The van der Waals surface area contributed by atoms with E-state index in [4.69, 9.17) is 16.9 Å². The number of carbonyl (C=O) groups excluding carboxylic acids is 1. The molecule has 1 aliphatic rings. The highest BCUT2D eigenvalue weighted by Crippen LogP contribution is 2.28. The quantitative estimate of drug-likeness (QED) is 0.813. The fourth-order valence-electron chi connectivity index (χ4n) is 3.09. The predicted octanol–water partition coefficient (Wildman–Crippen LogP) is 4.03. The van der Waals surface area contributed by atoms with E-state index in [-0.39, 0.29) is 15.5 Å². The number of nitrogens with one attached hydrogen (secondary N) is 1. The molecule has 1 heterocycles. The molecule has 1 amide bonds. The van der Waals surface area contributed by atoms with Gasteiger partial charge in [-0.1, -0.05) is 24.4 Å². The Hall–Kier alpha value is -2.40. The molecule has 8 heteroatoms. The van der Waals surface area contributed by atoms with Crippen molar-refractivity contribution >= 4 is 33.2 Å². The summed E-state index contributed by atoms with van der Waals surface area (Å²) in [5, 5.41) is 11.6. The Kier molecular flexibility index (Phi) is 6.35. The molecule has 0 bridgehead atoms. The van der Waals surface area contributed by atoms with Crippen molar-refractivity contribution in [3.63, 3.8) is 0 Å². The third-order valence-corrected chi connectivity index (χ3v) is 7.03. The molecule has 0 atom stereocenters. The van der Waals surface area contributed by atoms with Gasteiger partial charge in [0, 0.05) is 24.3 Å². The van der Waals surface area contributed by atoms with Crippen LogP contribution in [0.1, 0.15) is 41.6 Å². The zero-order chi connectivity index (χ0) is 20.1. The number of nitriles is 1. The maximum absolute atomic E-state index is 13.0. The largest absolute Gasteiger partial charge is 0.322 e. The number of carbonyl (C=O) groups is 1. The van der Waals surface area contributed by atoms with Crippen LogP contribution < -0.4 is 5.32 Å². The SMILES string of the molecule is N#Cc1ccc(NC(=O)c2ccc(Cl)c(S(=O)(=O)N3CCCCCC3)c2)cc1. The van der Waals surface area contributed by atoms with Crippen molar-refractivity contribution < 1.29 is 13.2 Å². The highest BCUT2D eigenvalue weighted by Gasteiger charge is 2.28. The van der Waals surface area contributed by atoms with Gasteiger partial charge in [-0.25, -0.2) is 8.42 Å². The van der Waals surface area contributed by atoms with E-state index >= 15 is 0 Å². The summed E-state index contributed by atoms with van der Waals surface area (Å²) in [5.41, 5.74) is 1.19. The Bertz CT molecular complexity index is 1010. The fraction of sp³-hybridized carbons (Fsp3) is 0.300. The summed E-state index contributed by atoms with van der Waals surface area (Å²) in [7, 11) is -3.77. The molecule has 2 aromatic carbocycles. The first-order chi connectivity index (χ1) is 13.4. The summed E-state index contributed by atoms with van der Waals surface area (Å²) in [6.07, 6.45) is 3.64. The van der Waals surface area contributed by atoms with E-state index in [2.05, 4.69) is 5.32 Å². The Morgan fingerprint density at radius 2 is 1.68 bits per heavy atom. The van der Waals surface area contributed by atoms with Gasteiger partial charge in [0.2, 0.25) is 10.0 Å². The van der Waals surface area contributed by atoms with Gasteiger partial charge in [0.1, 0.15) is 4.90 Å². The molecule has 28 heavy (non-hydrogen) atoms. The Morgan fingerprint density at radius 1 is 1.04 bits per heavy atom. The number of nitrogens with zero attached hydrogens (tertiary/aromatic N) is 2. The van der Waals surface area contributed by atoms with E-state index in [1.807, 2.05) is 6.07 Å². The minimum absolute atomic E-state index is 0.0523. The van der Waals surface area contributed by atoms with Crippen LogP contribution >= 0.6 is 11.6 Å². The van der Waals surface area contributed by atoms with E-state index in [1.165, 1.54) is 22.5 Å². The lowest BCUT2D eigenvalue weighted by atomic mass is 10.2. The van der Waals surface area contributed by atoms with Crippen molar-refractivity contribution in [3.8, 4) is 6.07 Å². The van der Waals surface area contributed by atoms with Gasteiger partial charge in [-0.15, -0.1) is 0 Å². The number of benzene rings is 2. The monoisotopic (exact) mass is 417 g/mol. The van der Waals surface area contributed by atoms with Crippen LogP contribution in [0.15, 0.2) is 47.4 Å². The van der Waals surface area contributed by atoms with Gasteiger partial charge in [0.25, 0.3) is 5.91 Å². The number of amides is 1. The first-order valence-corrected chi connectivity index (χ1v) is 10.8. The molecule has 1 N–H and O–H groups in total. The lowest BCUT2D eigenvalue weighted by Gasteiger charge is -2.21. The van der Waals surface area contributed by atoms with Crippen LogP contribution in [0.3, 0.4) is 0 Å². The molecule has 0 aromatic heterocycles. The molecule has 6 nitrogen and oxygen atoms in total. The van der Waals surface area contributed by atoms with Crippen LogP contribution in [-0.2, 0) is 10.0 Å². The highest BCUT2D eigenvalue weighted by atomic mass is 35.5. The van der Waals surface area contributed by atoms with Crippen LogP contribution in [0, 0.1) is 11.3 Å². The van der Waals surface area contributed by atoms with E-state index < -0.39 is 15.9 Å². The molecular formula is C20H20ClN3O3S. The predicted molar refractivity (Wildman–Crippen MR) is 108 cm³/mol. The van der Waals surface area contributed by atoms with E-state index in [0.717, 1.165) is 25.7 Å². The zero-order valence-electron chi connectivity index (χ0n) is 15.2. The van der Waals surface area contributed by atoms with Crippen molar-refractivity contribution in [2.75, 3.05) is 18.4 Å². The molecule has 0 saturated carbocycles. The molecule has 0 spiro atoms. The Morgan fingerprint density at radius 3 is 2.29 bits per heavy atom. The summed E-state index contributed by atoms with van der Waals surface area (Å²) in [4.78, 5) is 12.5. The second-order valence-corrected chi connectivity index (χ2v) is 8.92. The van der Waals surface area contributed by atoms with Crippen molar-refractivity contribution in [2.45, 2.75) is 30.6 Å². The number of sulfonamides is 1. The third kappa shape index (κ3) is 4.53. The normalized spacial score (nSPS) is 15.4. The first kappa shape index (κ1) is 20.3. The molecule has 1 aliphatic heterocycles. The molecule has 3 rings (SSSR count). The van der Waals surface area contributed by atoms with Crippen LogP contribution in [0.4, 0.5) is 5.69 Å². The first-order valence-electron chi connectivity index (χ1n) is 9.03. The summed E-state index contributed by atoms with van der Waals surface area (Å²) >= 11 is 6.17. The minimum atomic E-state index is -3.77. The van der Waals surface area contributed by atoms with Crippen LogP contribution in [-0.4, -0.2) is 31.7 Å².